The fourth-order valence-electron chi connectivity index (χ4n) is 2.09. The molecule has 0 N–H and O–H groups in total. The highest BCUT2D eigenvalue weighted by molar-refractivity contribution is 5.96. The molecule has 0 radical (unpaired) electrons. The van der Waals surface area contributed by atoms with E-state index in [9.17, 15) is 9.59 Å². The predicted octanol–water partition coefficient (Wildman–Crippen LogP) is 2.87. The summed E-state index contributed by atoms with van der Waals surface area (Å²) in [6.07, 6.45) is 5.29. The quantitative estimate of drug-likeness (QED) is 0.549. The van der Waals surface area contributed by atoms with Crippen LogP contribution in [0.1, 0.15) is 59.3 Å². The summed E-state index contributed by atoms with van der Waals surface area (Å²) < 4.78 is 5.14. The van der Waals surface area contributed by atoms with E-state index in [0.29, 0.717) is 0 Å². The summed E-state index contributed by atoms with van der Waals surface area (Å²) in [5.41, 5.74) is -0.496. The molecule has 92 valence electrons. The molecular formula is C13H22O3. The van der Waals surface area contributed by atoms with Crippen molar-refractivity contribution < 1.29 is 14.3 Å². The first-order valence-electron chi connectivity index (χ1n) is 6.13. The maximum atomic E-state index is 11.8. The molecule has 0 bridgehead atoms. The zero-order valence-electron chi connectivity index (χ0n) is 10.5. The normalized spacial score (nSPS) is 18.2. The summed E-state index contributed by atoms with van der Waals surface area (Å²) in [4.78, 5) is 23.3. The topological polar surface area (TPSA) is 43.4 Å². The third-order valence-corrected chi connectivity index (χ3v) is 2.80. The van der Waals surface area contributed by atoms with Crippen molar-refractivity contribution in [2.45, 2.75) is 64.9 Å². The van der Waals surface area contributed by atoms with Crippen LogP contribution in [0.2, 0.25) is 0 Å². The van der Waals surface area contributed by atoms with E-state index >= 15 is 0 Å². The molecule has 0 aromatic carbocycles. The Hall–Kier alpha value is -0.860. The monoisotopic (exact) mass is 226 g/mol. The smallest absolute Gasteiger partial charge is 0.313 e. The van der Waals surface area contributed by atoms with Crippen molar-refractivity contribution in [2.75, 3.05) is 0 Å². The molecule has 0 unspecified atom stereocenters. The third-order valence-electron chi connectivity index (χ3n) is 2.80. The molecule has 16 heavy (non-hydrogen) atoms. The van der Waals surface area contributed by atoms with Gasteiger partial charge in [0.25, 0.3) is 0 Å². The first-order chi connectivity index (χ1) is 7.38. The summed E-state index contributed by atoms with van der Waals surface area (Å²) in [7, 11) is 0. The second-order valence-corrected chi connectivity index (χ2v) is 5.56. The van der Waals surface area contributed by atoms with Gasteiger partial charge in [-0.15, -0.1) is 0 Å². The van der Waals surface area contributed by atoms with E-state index in [1.807, 2.05) is 20.8 Å². The number of hydrogen-bond acceptors (Lipinski definition) is 3. The molecule has 0 aromatic rings. The number of Topliss-reactive ketones (excluding diaryl/α,β-unsaturated/α-hetero) is 1. The molecule has 1 saturated carbocycles. The number of carbonyl (C=O) groups excluding carboxylic acids is 2. The van der Waals surface area contributed by atoms with Crippen LogP contribution in [0.15, 0.2) is 0 Å². The van der Waals surface area contributed by atoms with E-state index in [-0.39, 0.29) is 24.1 Å². The highest BCUT2D eigenvalue weighted by atomic mass is 16.6. The minimum absolute atomic E-state index is 0.0536. The standard InChI is InChI=1S/C13H22O3/c1-13(2,3)16-12(15)9-11(14)10-7-5-4-6-8-10/h10H,4-9H2,1-3H3. The van der Waals surface area contributed by atoms with Crippen LogP contribution in [-0.4, -0.2) is 17.4 Å². The lowest BCUT2D eigenvalue weighted by Crippen LogP contribution is -2.27. The summed E-state index contributed by atoms with van der Waals surface area (Å²) in [6, 6.07) is 0. The van der Waals surface area contributed by atoms with Crippen molar-refractivity contribution in [2.24, 2.45) is 5.92 Å². The van der Waals surface area contributed by atoms with Gasteiger partial charge in [0.05, 0.1) is 0 Å². The first-order valence-corrected chi connectivity index (χ1v) is 6.13. The Kier molecular flexibility index (Phi) is 4.51. The maximum Gasteiger partial charge on any atom is 0.313 e. The molecule has 0 saturated heterocycles. The Balaban J connectivity index is 2.35. The molecule has 0 heterocycles. The number of carbonyl (C=O) groups is 2. The summed E-state index contributed by atoms with van der Waals surface area (Å²) in [5, 5.41) is 0. The Morgan fingerprint density at radius 2 is 1.69 bits per heavy atom. The lowest BCUT2D eigenvalue weighted by molar-refractivity contribution is -0.156. The Morgan fingerprint density at radius 1 is 1.12 bits per heavy atom. The van der Waals surface area contributed by atoms with Gasteiger partial charge >= 0.3 is 5.97 Å². The molecule has 1 fully saturated rings. The van der Waals surface area contributed by atoms with E-state index < -0.39 is 5.60 Å². The molecular weight excluding hydrogens is 204 g/mol. The molecule has 3 heteroatoms. The van der Waals surface area contributed by atoms with Crippen molar-refractivity contribution >= 4 is 11.8 Å². The van der Waals surface area contributed by atoms with E-state index in [1.54, 1.807) is 0 Å². The lowest BCUT2D eigenvalue weighted by atomic mass is 9.85. The fourth-order valence-corrected chi connectivity index (χ4v) is 2.09. The highest BCUT2D eigenvalue weighted by Gasteiger charge is 2.25. The number of esters is 1. The number of ketones is 1. The molecule has 1 aliphatic carbocycles. The van der Waals surface area contributed by atoms with Gasteiger partial charge in [0, 0.05) is 5.92 Å². The van der Waals surface area contributed by atoms with E-state index in [2.05, 4.69) is 0 Å². The second-order valence-electron chi connectivity index (χ2n) is 5.56. The van der Waals surface area contributed by atoms with Crippen molar-refractivity contribution in [3.8, 4) is 0 Å². The van der Waals surface area contributed by atoms with Gasteiger partial charge in [-0.2, -0.15) is 0 Å². The van der Waals surface area contributed by atoms with Gasteiger partial charge < -0.3 is 4.74 Å². The highest BCUT2D eigenvalue weighted by Crippen LogP contribution is 2.25. The van der Waals surface area contributed by atoms with Crippen molar-refractivity contribution in [3.63, 3.8) is 0 Å². The molecule has 3 nitrogen and oxygen atoms in total. The van der Waals surface area contributed by atoms with E-state index in [1.165, 1.54) is 6.42 Å². The van der Waals surface area contributed by atoms with Gasteiger partial charge in [-0.05, 0) is 33.6 Å². The van der Waals surface area contributed by atoms with Crippen LogP contribution < -0.4 is 0 Å². The number of hydrogen-bond donors (Lipinski definition) is 0. The van der Waals surface area contributed by atoms with Gasteiger partial charge in [0.2, 0.25) is 0 Å². The van der Waals surface area contributed by atoms with Gasteiger partial charge in [0.15, 0.2) is 0 Å². The van der Waals surface area contributed by atoms with Crippen molar-refractivity contribution in [3.05, 3.63) is 0 Å². The molecule has 1 aliphatic rings. The zero-order chi connectivity index (χ0) is 12.2. The molecule has 1 rings (SSSR count). The van der Waals surface area contributed by atoms with Crippen LogP contribution in [0.5, 0.6) is 0 Å². The molecule has 0 aromatic heterocycles. The van der Waals surface area contributed by atoms with E-state index in [0.717, 1.165) is 25.7 Å². The molecule has 0 spiro atoms. The number of ether oxygens (including phenoxy) is 1. The van der Waals surface area contributed by atoms with Gasteiger partial charge in [-0.1, -0.05) is 19.3 Å². The predicted molar refractivity (Wildman–Crippen MR) is 62.0 cm³/mol. The largest absolute Gasteiger partial charge is 0.460 e. The van der Waals surface area contributed by atoms with Crippen LogP contribution >= 0.6 is 0 Å². The molecule has 0 amide bonds. The minimum Gasteiger partial charge on any atom is -0.460 e. The number of rotatable bonds is 3. The van der Waals surface area contributed by atoms with Gasteiger partial charge in [-0.25, -0.2) is 0 Å². The van der Waals surface area contributed by atoms with Crippen LogP contribution in [0.3, 0.4) is 0 Å². The fraction of sp³-hybridized carbons (Fsp3) is 0.846. The van der Waals surface area contributed by atoms with Crippen LogP contribution in [0, 0.1) is 5.92 Å². The second kappa shape index (κ2) is 5.46. The first kappa shape index (κ1) is 13.2. The summed E-state index contributed by atoms with van der Waals surface area (Å²) in [5.74, 6) is -0.224. The van der Waals surface area contributed by atoms with Gasteiger partial charge in [-0.3, -0.25) is 9.59 Å². The van der Waals surface area contributed by atoms with Crippen LogP contribution in [-0.2, 0) is 14.3 Å². The summed E-state index contributed by atoms with van der Waals surface area (Å²) in [6.45, 7) is 5.45. The zero-order valence-corrected chi connectivity index (χ0v) is 10.5. The van der Waals surface area contributed by atoms with Crippen molar-refractivity contribution in [1.82, 2.24) is 0 Å². The van der Waals surface area contributed by atoms with Gasteiger partial charge in [0.1, 0.15) is 17.8 Å². The Morgan fingerprint density at radius 3 is 2.19 bits per heavy atom. The maximum absolute atomic E-state index is 11.8. The summed E-state index contributed by atoms with van der Waals surface area (Å²) >= 11 is 0. The van der Waals surface area contributed by atoms with Crippen LogP contribution in [0.25, 0.3) is 0 Å². The van der Waals surface area contributed by atoms with Crippen molar-refractivity contribution in [1.29, 1.82) is 0 Å². The Labute approximate surface area is 97.5 Å². The average Bonchev–Trinajstić information content (AvgIpc) is 2.16. The molecule has 0 atom stereocenters. The molecule has 0 aliphatic heterocycles. The Bertz CT molecular complexity index is 257. The van der Waals surface area contributed by atoms with Crippen LogP contribution in [0.4, 0.5) is 0 Å². The lowest BCUT2D eigenvalue weighted by Gasteiger charge is -2.22. The minimum atomic E-state index is -0.496. The SMILES string of the molecule is CC(C)(C)OC(=O)CC(=O)C1CCCCC1. The van der Waals surface area contributed by atoms with E-state index in [4.69, 9.17) is 4.74 Å². The average molecular weight is 226 g/mol. The third kappa shape index (κ3) is 4.77.